The standard InChI is InChI=1S/C48H57N7O6/c1-48(2,3)61-47(58)55-34-13-9-33(24-34)42(55)44-50-37-16-12-29(25-38(37)51-44)28-10-14-35-30(22-28)7-8-31-23-32(11-15-36(31)35)39-26-49-43(52-39)40-6-5-19-54(40)45(56)41(53-46(57)59-4)27-17-20-60-21-18-27/h10-12,14-16,22-23,25-27,33-34,40-43,49,52H,5-9,13,17-21,24H2,1-4H3,(H,50,51)(H,53,57)/t33-,34+,40-,41-,42-,43?/m0/s1. The number of rotatable bonds is 7. The van der Waals surface area contributed by atoms with Crippen LogP contribution in [0.2, 0.25) is 0 Å². The number of hydrogen-bond donors (Lipinski definition) is 4. The molecule has 3 amide bonds. The number of aromatic nitrogens is 2. The van der Waals surface area contributed by atoms with Crippen LogP contribution in [0.4, 0.5) is 9.59 Å². The van der Waals surface area contributed by atoms with Crippen LogP contribution >= 0.6 is 0 Å². The monoisotopic (exact) mass is 827 g/mol. The van der Waals surface area contributed by atoms with E-state index in [4.69, 9.17) is 19.2 Å². The number of piperidine rings is 1. The molecule has 4 N–H and O–H groups in total. The molecule has 2 bridgehead atoms. The molecule has 5 heterocycles. The van der Waals surface area contributed by atoms with E-state index in [0.29, 0.717) is 25.7 Å². The second kappa shape index (κ2) is 15.7. The second-order valence-electron chi connectivity index (χ2n) is 18.8. The smallest absolute Gasteiger partial charge is 0.411 e. The van der Waals surface area contributed by atoms with Crippen LogP contribution in [-0.4, -0.2) is 94.6 Å². The summed E-state index contributed by atoms with van der Waals surface area (Å²) in [4.78, 5) is 52.3. The van der Waals surface area contributed by atoms with Crippen LogP contribution in [-0.2, 0) is 31.8 Å². The van der Waals surface area contributed by atoms with Crippen molar-refractivity contribution in [2.75, 3.05) is 26.9 Å². The largest absolute Gasteiger partial charge is 0.453 e. The highest BCUT2D eigenvalue weighted by atomic mass is 16.6. The van der Waals surface area contributed by atoms with E-state index < -0.39 is 17.7 Å². The fourth-order valence-electron chi connectivity index (χ4n) is 11.0. The number of hydrogen-bond acceptors (Lipinski definition) is 9. The van der Waals surface area contributed by atoms with Crippen LogP contribution in [0.25, 0.3) is 39.0 Å². The number of aromatic amines is 1. The molecule has 320 valence electrons. The molecule has 13 nitrogen and oxygen atoms in total. The van der Waals surface area contributed by atoms with E-state index in [1.165, 1.54) is 34.9 Å². The fourth-order valence-corrected chi connectivity index (χ4v) is 11.0. The van der Waals surface area contributed by atoms with E-state index in [9.17, 15) is 14.4 Å². The number of methoxy groups -OCH3 is 1. The summed E-state index contributed by atoms with van der Waals surface area (Å²) >= 11 is 0. The highest BCUT2D eigenvalue weighted by Crippen LogP contribution is 2.50. The van der Waals surface area contributed by atoms with Crippen molar-refractivity contribution in [1.29, 1.82) is 0 Å². The summed E-state index contributed by atoms with van der Waals surface area (Å²) in [5.41, 5.74) is 10.9. The molecule has 3 saturated heterocycles. The van der Waals surface area contributed by atoms with Crippen molar-refractivity contribution < 1.29 is 28.6 Å². The minimum absolute atomic E-state index is 0.00456. The first kappa shape index (κ1) is 39.6. The molecule has 0 spiro atoms. The molecule has 4 aliphatic heterocycles. The lowest BCUT2D eigenvalue weighted by Crippen LogP contribution is -2.58. The van der Waals surface area contributed by atoms with Crippen molar-refractivity contribution in [1.82, 2.24) is 35.7 Å². The van der Waals surface area contributed by atoms with E-state index in [0.717, 1.165) is 91.5 Å². The van der Waals surface area contributed by atoms with Gasteiger partial charge in [0, 0.05) is 32.0 Å². The van der Waals surface area contributed by atoms with Crippen LogP contribution in [0.3, 0.4) is 0 Å². The summed E-state index contributed by atoms with van der Waals surface area (Å²) in [6.45, 7) is 7.57. The van der Waals surface area contributed by atoms with E-state index in [1.54, 1.807) is 0 Å². The molecule has 1 aromatic heterocycles. The highest BCUT2D eigenvalue weighted by Gasteiger charge is 2.51. The minimum atomic E-state index is -0.643. The maximum absolute atomic E-state index is 14.1. The number of carbonyl (C=O) groups excluding carboxylic acids is 3. The third-order valence-electron chi connectivity index (χ3n) is 13.9. The summed E-state index contributed by atoms with van der Waals surface area (Å²) in [5.74, 6) is 1.19. The summed E-state index contributed by atoms with van der Waals surface area (Å²) < 4.78 is 16.3. The van der Waals surface area contributed by atoms with Gasteiger partial charge in [-0.05, 0) is 148 Å². The Kier molecular flexibility index (Phi) is 10.2. The topological polar surface area (TPSA) is 150 Å². The number of H-pyrrole nitrogens is 1. The van der Waals surface area contributed by atoms with Gasteiger partial charge >= 0.3 is 12.2 Å². The predicted molar refractivity (Wildman–Crippen MR) is 232 cm³/mol. The maximum atomic E-state index is 14.1. The Bertz CT molecular complexity index is 2400. The van der Waals surface area contributed by atoms with Crippen LogP contribution in [0.1, 0.15) is 94.3 Å². The van der Waals surface area contributed by atoms with Crippen LogP contribution in [0.15, 0.2) is 60.8 Å². The molecule has 6 aliphatic rings. The number of nitrogens with one attached hydrogen (secondary N) is 4. The first-order valence-corrected chi connectivity index (χ1v) is 22.2. The summed E-state index contributed by atoms with van der Waals surface area (Å²) in [7, 11) is 1.33. The molecular weight excluding hydrogens is 771 g/mol. The van der Waals surface area contributed by atoms with Crippen LogP contribution in [0, 0.1) is 11.8 Å². The highest BCUT2D eigenvalue weighted by molar-refractivity contribution is 5.87. The lowest BCUT2D eigenvalue weighted by atomic mass is 9.83. The zero-order chi connectivity index (χ0) is 42.0. The molecule has 1 saturated carbocycles. The third-order valence-corrected chi connectivity index (χ3v) is 13.9. The van der Waals surface area contributed by atoms with Crippen molar-refractivity contribution in [3.63, 3.8) is 0 Å². The number of ether oxygens (including phenoxy) is 3. The maximum Gasteiger partial charge on any atom is 0.411 e. The van der Waals surface area contributed by atoms with Crippen molar-refractivity contribution in [2.24, 2.45) is 11.8 Å². The number of likely N-dealkylation sites (tertiary alicyclic amines) is 2. The van der Waals surface area contributed by atoms with Gasteiger partial charge in [-0.1, -0.05) is 36.4 Å². The molecule has 61 heavy (non-hydrogen) atoms. The number of aryl methyl sites for hydroxylation is 2. The first-order chi connectivity index (χ1) is 29.5. The van der Waals surface area contributed by atoms with Gasteiger partial charge in [0.2, 0.25) is 5.91 Å². The van der Waals surface area contributed by atoms with Gasteiger partial charge in [-0.25, -0.2) is 14.6 Å². The number of amides is 3. The number of fused-ring (bicyclic) bond motifs is 6. The summed E-state index contributed by atoms with van der Waals surface area (Å²) in [5, 5.41) is 10.1. The Morgan fingerprint density at radius 1 is 0.902 bits per heavy atom. The van der Waals surface area contributed by atoms with E-state index >= 15 is 0 Å². The van der Waals surface area contributed by atoms with Gasteiger partial charge in [0.05, 0.1) is 35.9 Å². The zero-order valence-electron chi connectivity index (χ0n) is 35.6. The van der Waals surface area contributed by atoms with Gasteiger partial charge < -0.3 is 40.0 Å². The molecular formula is C48H57N7O6. The Balaban J connectivity index is 0.826. The van der Waals surface area contributed by atoms with Crippen LogP contribution in [0.5, 0.6) is 0 Å². The van der Waals surface area contributed by atoms with Crippen molar-refractivity contribution >= 4 is 34.8 Å². The quantitative estimate of drug-likeness (QED) is 0.149. The summed E-state index contributed by atoms with van der Waals surface area (Å²) in [6, 6.07) is 19.4. The second-order valence-corrected chi connectivity index (χ2v) is 18.8. The van der Waals surface area contributed by atoms with Crippen LogP contribution < -0.4 is 16.0 Å². The third kappa shape index (κ3) is 7.48. The van der Waals surface area contributed by atoms with Gasteiger partial charge in [-0.2, -0.15) is 0 Å². The number of nitrogens with zero attached hydrogens (tertiary/aromatic N) is 3. The number of alkyl carbamates (subject to hydrolysis) is 1. The summed E-state index contributed by atoms with van der Waals surface area (Å²) in [6.07, 6.45) is 9.28. The molecule has 1 unspecified atom stereocenters. The van der Waals surface area contributed by atoms with Crippen molar-refractivity contribution in [3.05, 3.63) is 83.3 Å². The first-order valence-electron chi connectivity index (χ1n) is 22.2. The van der Waals surface area contributed by atoms with Gasteiger partial charge in [0.15, 0.2) is 0 Å². The SMILES string of the molecule is COC(=O)N[C@H](C(=O)N1CCC[C@H]1C1NC=C(c2ccc3c(c2)CCc2cc(-c4ccc5nc([C@@H]6[C@H]7CC[C@H](C7)N6C(=O)OC(C)(C)C)[nH]c5c4)ccc2-3)N1)C1CCOCC1. The Morgan fingerprint density at radius 2 is 1.62 bits per heavy atom. The predicted octanol–water partition coefficient (Wildman–Crippen LogP) is 7.42. The molecule has 4 aromatic rings. The number of carbonyl (C=O) groups is 3. The molecule has 3 aromatic carbocycles. The number of imidazole rings is 1. The zero-order valence-corrected chi connectivity index (χ0v) is 35.6. The molecule has 10 rings (SSSR count). The van der Waals surface area contributed by atoms with Gasteiger partial charge in [0.25, 0.3) is 0 Å². The fraction of sp³-hybridized carbons (Fsp3) is 0.500. The molecule has 6 atom stereocenters. The normalized spacial score (nSPS) is 25.0. The molecule has 2 aliphatic carbocycles. The Labute approximate surface area is 357 Å². The average molecular weight is 828 g/mol. The molecule has 4 fully saturated rings. The minimum Gasteiger partial charge on any atom is -0.453 e. The van der Waals surface area contributed by atoms with E-state index in [2.05, 4.69) is 75.5 Å². The Hall–Kier alpha value is -5.56. The van der Waals surface area contributed by atoms with E-state index in [1.807, 2.05) is 36.8 Å². The Morgan fingerprint density at radius 3 is 2.38 bits per heavy atom. The number of benzene rings is 3. The van der Waals surface area contributed by atoms with Gasteiger partial charge in [-0.15, -0.1) is 0 Å². The average Bonchev–Trinajstić information content (AvgIpc) is 4.12. The van der Waals surface area contributed by atoms with Crippen molar-refractivity contribution in [3.8, 4) is 22.3 Å². The molecule has 13 heteroatoms. The lowest BCUT2D eigenvalue weighted by Gasteiger charge is -2.36. The van der Waals surface area contributed by atoms with E-state index in [-0.39, 0.29) is 42.2 Å². The lowest BCUT2D eigenvalue weighted by molar-refractivity contribution is -0.137. The molecule has 0 radical (unpaired) electrons. The van der Waals surface area contributed by atoms with Gasteiger partial charge in [0.1, 0.15) is 23.6 Å². The van der Waals surface area contributed by atoms with Gasteiger partial charge in [-0.3, -0.25) is 9.69 Å². The van der Waals surface area contributed by atoms with Crippen molar-refractivity contribution in [2.45, 2.75) is 114 Å².